The van der Waals surface area contributed by atoms with Gasteiger partial charge in [0.05, 0.1) is 0 Å². The molecule has 0 saturated carbocycles. The van der Waals surface area contributed by atoms with Gasteiger partial charge in [-0.1, -0.05) is 49.4 Å². The topological polar surface area (TPSA) is 0 Å². The molecule has 0 bridgehead atoms. The van der Waals surface area contributed by atoms with Crippen LogP contribution in [0.5, 0.6) is 0 Å². The lowest BCUT2D eigenvalue weighted by Crippen LogP contribution is -2.09. The first-order chi connectivity index (χ1) is 8.75. The van der Waals surface area contributed by atoms with Crippen LogP contribution in [0.1, 0.15) is 29.2 Å². The van der Waals surface area contributed by atoms with E-state index in [1.54, 1.807) is 0 Å². The largest absolute Gasteiger partial charge is 0.0767 e. The molecule has 0 N–H and O–H groups in total. The standard InChI is InChI=1S/C18H16/c1-11-3-5-13-8-10-16-12(2)4-6-14-7-9-15(11)17(13)18(14)16/h3-7,9-10,12H,8H2,1-2H3. The van der Waals surface area contributed by atoms with Crippen molar-refractivity contribution >= 4 is 22.4 Å². The highest BCUT2D eigenvalue weighted by Gasteiger charge is 2.23. The van der Waals surface area contributed by atoms with Gasteiger partial charge in [0.2, 0.25) is 0 Å². The molecule has 0 aromatic heterocycles. The van der Waals surface area contributed by atoms with Crippen molar-refractivity contribution in [2.24, 2.45) is 5.92 Å². The fourth-order valence-corrected chi connectivity index (χ4v) is 3.39. The van der Waals surface area contributed by atoms with Crippen LogP contribution in [0, 0.1) is 12.8 Å². The Kier molecular flexibility index (Phi) is 1.89. The molecular formula is C18H16. The zero-order valence-corrected chi connectivity index (χ0v) is 10.8. The molecule has 0 heterocycles. The van der Waals surface area contributed by atoms with Crippen LogP contribution in [0.2, 0.25) is 0 Å². The lowest BCUT2D eigenvalue weighted by Gasteiger charge is -2.27. The molecule has 0 nitrogen and oxygen atoms in total. The third-order valence-corrected chi connectivity index (χ3v) is 4.40. The summed E-state index contributed by atoms with van der Waals surface area (Å²) < 4.78 is 0. The highest BCUT2D eigenvalue weighted by molar-refractivity contribution is 6.04. The maximum atomic E-state index is 2.42. The minimum Gasteiger partial charge on any atom is -0.0767 e. The second-order valence-electron chi connectivity index (χ2n) is 5.51. The van der Waals surface area contributed by atoms with Gasteiger partial charge in [-0.15, -0.1) is 0 Å². The van der Waals surface area contributed by atoms with Crippen molar-refractivity contribution in [3.63, 3.8) is 0 Å². The predicted molar refractivity (Wildman–Crippen MR) is 78.6 cm³/mol. The molecule has 0 fully saturated rings. The van der Waals surface area contributed by atoms with Crippen LogP contribution in [-0.2, 0) is 6.42 Å². The van der Waals surface area contributed by atoms with E-state index >= 15 is 0 Å². The molecule has 88 valence electrons. The van der Waals surface area contributed by atoms with Gasteiger partial charge in [0, 0.05) is 0 Å². The van der Waals surface area contributed by atoms with Crippen LogP contribution in [0.25, 0.3) is 22.4 Å². The smallest absolute Gasteiger partial charge is 0.000377 e. The van der Waals surface area contributed by atoms with E-state index in [4.69, 9.17) is 0 Å². The summed E-state index contributed by atoms with van der Waals surface area (Å²) in [5.74, 6) is 0.553. The van der Waals surface area contributed by atoms with E-state index in [0.717, 1.165) is 6.42 Å². The Morgan fingerprint density at radius 2 is 2.00 bits per heavy atom. The number of rotatable bonds is 0. The van der Waals surface area contributed by atoms with Crippen LogP contribution >= 0.6 is 0 Å². The van der Waals surface area contributed by atoms with E-state index in [9.17, 15) is 0 Å². The molecule has 18 heavy (non-hydrogen) atoms. The number of allylic oxidation sites excluding steroid dienone is 3. The van der Waals surface area contributed by atoms with Crippen molar-refractivity contribution in [2.45, 2.75) is 20.3 Å². The van der Waals surface area contributed by atoms with Gasteiger partial charge in [-0.25, -0.2) is 0 Å². The van der Waals surface area contributed by atoms with Crippen LogP contribution in [0.3, 0.4) is 0 Å². The molecule has 0 amide bonds. The summed E-state index contributed by atoms with van der Waals surface area (Å²) >= 11 is 0. The van der Waals surface area contributed by atoms with Crippen LogP contribution in [0.4, 0.5) is 0 Å². The van der Waals surface area contributed by atoms with E-state index in [-0.39, 0.29) is 0 Å². The van der Waals surface area contributed by atoms with Gasteiger partial charge in [0.1, 0.15) is 0 Å². The molecule has 1 unspecified atom stereocenters. The minimum absolute atomic E-state index is 0.553. The number of benzene rings is 2. The fraction of sp³-hybridized carbons (Fsp3) is 0.222. The lowest BCUT2D eigenvalue weighted by atomic mass is 9.77. The first kappa shape index (κ1) is 10.1. The number of hydrogen-bond acceptors (Lipinski definition) is 0. The lowest BCUT2D eigenvalue weighted by molar-refractivity contribution is 0.951. The normalized spacial score (nSPS) is 20.1. The molecule has 2 aliphatic carbocycles. The quantitative estimate of drug-likeness (QED) is 0.615. The van der Waals surface area contributed by atoms with E-state index in [1.165, 1.54) is 38.6 Å². The van der Waals surface area contributed by atoms with Crippen LogP contribution in [-0.4, -0.2) is 0 Å². The Bertz CT molecular complexity index is 729. The molecule has 0 heteroatoms. The minimum atomic E-state index is 0.553. The summed E-state index contributed by atoms with van der Waals surface area (Å²) in [7, 11) is 0. The third-order valence-electron chi connectivity index (χ3n) is 4.40. The summed E-state index contributed by atoms with van der Waals surface area (Å²) in [6, 6.07) is 9.12. The summed E-state index contributed by atoms with van der Waals surface area (Å²) in [6.45, 7) is 4.51. The second kappa shape index (κ2) is 3.35. The zero-order chi connectivity index (χ0) is 12.3. The van der Waals surface area contributed by atoms with Gasteiger partial charge in [-0.3, -0.25) is 0 Å². The average molecular weight is 232 g/mol. The summed E-state index contributed by atoms with van der Waals surface area (Å²) in [6.07, 6.45) is 8.11. The second-order valence-corrected chi connectivity index (χ2v) is 5.51. The molecule has 0 saturated heterocycles. The maximum absolute atomic E-state index is 2.42. The summed E-state index contributed by atoms with van der Waals surface area (Å²) in [4.78, 5) is 0. The van der Waals surface area contributed by atoms with E-state index in [2.05, 4.69) is 56.3 Å². The Hall–Kier alpha value is -1.82. The molecule has 2 aromatic rings. The van der Waals surface area contributed by atoms with Gasteiger partial charge in [-0.05, 0) is 57.9 Å². The molecule has 2 aromatic carbocycles. The SMILES string of the molecule is Cc1ccc2c3c4c(ccc13)C=CC(C)C4=CC2. The van der Waals surface area contributed by atoms with Crippen molar-refractivity contribution in [1.82, 2.24) is 0 Å². The fourth-order valence-electron chi connectivity index (χ4n) is 3.39. The van der Waals surface area contributed by atoms with Crippen molar-refractivity contribution in [1.29, 1.82) is 0 Å². The Morgan fingerprint density at radius 3 is 2.89 bits per heavy atom. The molecule has 0 radical (unpaired) electrons. The van der Waals surface area contributed by atoms with Gasteiger partial charge >= 0.3 is 0 Å². The van der Waals surface area contributed by atoms with E-state index in [0.29, 0.717) is 5.92 Å². The maximum Gasteiger partial charge on any atom is -0.000377 e. The van der Waals surface area contributed by atoms with Gasteiger partial charge in [0.25, 0.3) is 0 Å². The number of aryl methyl sites for hydroxylation is 1. The molecule has 0 spiro atoms. The average Bonchev–Trinajstić information content (AvgIpc) is 2.40. The third kappa shape index (κ3) is 1.16. The molecule has 1 atom stereocenters. The Labute approximate surface area is 108 Å². The highest BCUT2D eigenvalue weighted by Crippen LogP contribution is 2.42. The van der Waals surface area contributed by atoms with Gasteiger partial charge < -0.3 is 0 Å². The van der Waals surface area contributed by atoms with Crippen LogP contribution in [0.15, 0.2) is 36.4 Å². The molecule has 4 rings (SSSR count). The van der Waals surface area contributed by atoms with Crippen molar-refractivity contribution in [3.05, 3.63) is 58.7 Å². The monoisotopic (exact) mass is 232 g/mol. The van der Waals surface area contributed by atoms with Crippen molar-refractivity contribution < 1.29 is 0 Å². The molecule has 0 aliphatic heterocycles. The Balaban J connectivity index is 2.23. The van der Waals surface area contributed by atoms with Crippen molar-refractivity contribution in [3.8, 4) is 0 Å². The van der Waals surface area contributed by atoms with E-state index < -0.39 is 0 Å². The number of hydrogen-bond donors (Lipinski definition) is 0. The van der Waals surface area contributed by atoms with E-state index in [1.807, 2.05) is 0 Å². The molecular weight excluding hydrogens is 216 g/mol. The predicted octanol–water partition coefficient (Wildman–Crippen LogP) is 4.75. The van der Waals surface area contributed by atoms with Crippen LogP contribution < -0.4 is 0 Å². The highest BCUT2D eigenvalue weighted by atomic mass is 14.3. The van der Waals surface area contributed by atoms with Crippen molar-refractivity contribution in [2.75, 3.05) is 0 Å². The summed E-state index contributed by atoms with van der Waals surface area (Å²) in [5.41, 5.74) is 7.28. The first-order valence-corrected chi connectivity index (χ1v) is 6.69. The zero-order valence-electron chi connectivity index (χ0n) is 10.8. The first-order valence-electron chi connectivity index (χ1n) is 6.69. The van der Waals surface area contributed by atoms with Gasteiger partial charge in [-0.2, -0.15) is 0 Å². The summed E-state index contributed by atoms with van der Waals surface area (Å²) in [5, 5.41) is 2.93. The Morgan fingerprint density at radius 1 is 1.11 bits per heavy atom. The molecule has 2 aliphatic rings. The van der Waals surface area contributed by atoms with Gasteiger partial charge in [0.15, 0.2) is 0 Å².